The monoisotopic (exact) mass is 355 g/mol. The van der Waals surface area contributed by atoms with Crippen LogP contribution in [0.3, 0.4) is 0 Å². The van der Waals surface area contributed by atoms with Crippen LogP contribution in [0.5, 0.6) is 0 Å². The number of carboxylic acid groups (broad SMARTS) is 1. The summed E-state index contributed by atoms with van der Waals surface area (Å²) in [6.45, 7) is 1.98. The zero-order chi connectivity index (χ0) is 18.3. The third-order valence-electron chi connectivity index (χ3n) is 5.61. The number of benzene rings is 1. The number of likely N-dealkylation sites (tertiary alicyclic amines) is 2. The zero-order valence-corrected chi connectivity index (χ0v) is 14.6. The van der Waals surface area contributed by atoms with Crippen molar-refractivity contribution < 1.29 is 19.2 Å². The Bertz CT molecular complexity index is 834. The van der Waals surface area contributed by atoms with E-state index in [2.05, 4.69) is 5.16 Å². The summed E-state index contributed by atoms with van der Waals surface area (Å²) in [6.07, 6.45) is 0.778. The van der Waals surface area contributed by atoms with E-state index in [9.17, 15) is 14.7 Å². The Morgan fingerprint density at radius 3 is 2.77 bits per heavy atom. The van der Waals surface area contributed by atoms with Gasteiger partial charge in [-0.1, -0.05) is 35.5 Å². The van der Waals surface area contributed by atoms with Crippen molar-refractivity contribution >= 4 is 11.9 Å². The van der Waals surface area contributed by atoms with E-state index < -0.39 is 11.4 Å². The predicted octanol–water partition coefficient (Wildman–Crippen LogP) is 1.82. The maximum absolute atomic E-state index is 12.9. The highest BCUT2D eigenvalue weighted by Crippen LogP contribution is 2.42. The normalized spacial score (nSPS) is 25.9. The quantitative estimate of drug-likeness (QED) is 0.904. The van der Waals surface area contributed by atoms with Gasteiger partial charge in [0.1, 0.15) is 5.41 Å². The highest BCUT2D eigenvalue weighted by Gasteiger charge is 2.55. The summed E-state index contributed by atoms with van der Waals surface area (Å²) in [4.78, 5) is 28.5. The van der Waals surface area contributed by atoms with Crippen LogP contribution in [0, 0.1) is 11.3 Å². The Kier molecular flexibility index (Phi) is 4.03. The van der Waals surface area contributed by atoms with Gasteiger partial charge in [0.25, 0.3) is 5.91 Å². The molecule has 26 heavy (non-hydrogen) atoms. The molecule has 0 bridgehead atoms. The van der Waals surface area contributed by atoms with Crippen LogP contribution in [0.4, 0.5) is 0 Å². The van der Waals surface area contributed by atoms with E-state index in [4.69, 9.17) is 4.52 Å². The molecule has 7 nitrogen and oxygen atoms in total. The van der Waals surface area contributed by atoms with Crippen molar-refractivity contribution in [1.82, 2.24) is 15.0 Å². The van der Waals surface area contributed by atoms with E-state index in [1.54, 1.807) is 11.0 Å². The minimum Gasteiger partial charge on any atom is -0.481 e. The molecule has 2 aliphatic heterocycles. The molecule has 1 amide bonds. The van der Waals surface area contributed by atoms with Gasteiger partial charge >= 0.3 is 5.97 Å². The van der Waals surface area contributed by atoms with E-state index >= 15 is 0 Å². The first-order valence-electron chi connectivity index (χ1n) is 8.73. The number of carbonyl (C=O) groups is 2. The van der Waals surface area contributed by atoms with Crippen LogP contribution < -0.4 is 0 Å². The molecular formula is C19H21N3O4. The van der Waals surface area contributed by atoms with Gasteiger partial charge in [0, 0.05) is 31.3 Å². The van der Waals surface area contributed by atoms with Crippen LogP contribution in [0.2, 0.25) is 0 Å². The molecule has 0 unspecified atom stereocenters. The molecule has 2 aromatic rings. The predicted molar refractivity (Wildman–Crippen MR) is 93.5 cm³/mol. The number of rotatable bonds is 3. The number of carboxylic acids is 1. The lowest BCUT2D eigenvalue weighted by Gasteiger charge is -2.39. The topological polar surface area (TPSA) is 86.9 Å². The summed E-state index contributed by atoms with van der Waals surface area (Å²) in [5.74, 6) is -0.595. The van der Waals surface area contributed by atoms with Crippen LogP contribution in [-0.2, 0) is 4.79 Å². The van der Waals surface area contributed by atoms with Crippen LogP contribution in [-0.4, -0.2) is 65.2 Å². The van der Waals surface area contributed by atoms with E-state index in [1.165, 1.54) is 0 Å². The molecule has 7 heteroatoms. The molecule has 2 atom stereocenters. The van der Waals surface area contributed by atoms with E-state index in [0.717, 1.165) is 18.5 Å². The maximum Gasteiger partial charge on any atom is 0.313 e. The molecule has 2 aliphatic rings. The number of hydrogen-bond acceptors (Lipinski definition) is 5. The van der Waals surface area contributed by atoms with E-state index in [-0.39, 0.29) is 24.1 Å². The highest BCUT2D eigenvalue weighted by molar-refractivity contribution is 5.94. The van der Waals surface area contributed by atoms with Gasteiger partial charge in [-0.15, -0.1) is 0 Å². The summed E-state index contributed by atoms with van der Waals surface area (Å²) in [7, 11) is 1.93. The molecular weight excluding hydrogens is 334 g/mol. The second-order valence-corrected chi connectivity index (χ2v) is 7.31. The van der Waals surface area contributed by atoms with Crippen molar-refractivity contribution in [1.29, 1.82) is 0 Å². The fourth-order valence-corrected chi connectivity index (χ4v) is 4.20. The number of nitrogens with zero attached hydrogens (tertiary/aromatic N) is 3. The Morgan fingerprint density at radius 1 is 1.27 bits per heavy atom. The van der Waals surface area contributed by atoms with Crippen molar-refractivity contribution in [3.8, 4) is 11.3 Å². The van der Waals surface area contributed by atoms with Crippen molar-refractivity contribution in [2.75, 3.05) is 33.2 Å². The molecule has 0 saturated carbocycles. The smallest absolute Gasteiger partial charge is 0.313 e. The number of hydrogen-bond donors (Lipinski definition) is 1. The summed E-state index contributed by atoms with van der Waals surface area (Å²) in [5, 5.41) is 13.8. The Hall–Kier alpha value is -2.67. The van der Waals surface area contributed by atoms with Crippen molar-refractivity contribution in [3.63, 3.8) is 0 Å². The average molecular weight is 355 g/mol. The third-order valence-corrected chi connectivity index (χ3v) is 5.61. The number of aliphatic carboxylic acids is 1. The first-order valence-corrected chi connectivity index (χ1v) is 8.73. The van der Waals surface area contributed by atoms with Gasteiger partial charge in [0.05, 0.1) is 0 Å². The van der Waals surface area contributed by atoms with Crippen molar-refractivity contribution in [2.24, 2.45) is 11.3 Å². The van der Waals surface area contributed by atoms with Gasteiger partial charge in [0.2, 0.25) is 0 Å². The van der Waals surface area contributed by atoms with Gasteiger partial charge in [-0.05, 0) is 25.9 Å². The number of aromatic nitrogens is 1. The number of amides is 1. The maximum atomic E-state index is 12.9. The first-order chi connectivity index (χ1) is 12.5. The molecule has 1 aromatic carbocycles. The van der Waals surface area contributed by atoms with Gasteiger partial charge in [-0.25, -0.2) is 0 Å². The number of piperidine rings is 1. The minimum atomic E-state index is -0.894. The van der Waals surface area contributed by atoms with E-state index in [1.807, 2.05) is 42.3 Å². The van der Waals surface area contributed by atoms with Gasteiger partial charge < -0.3 is 19.4 Å². The Labute approximate surface area is 151 Å². The number of carbonyl (C=O) groups excluding carboxylic acids is 1. The summed E-state index contributed by atoms with van der Waals surface area (Å²) >= 11 is 0. The SMILES string of the molecule is CN1CC[C@H]2CN(C(=O)c3cc(-c4ccccc4)on3)C[C@@]2(C(=O)O)C1. The van der Waals surface area contributed by atoms with Gasteiger partial charge in [0.15, 0.2) is 11.5 Å². The lowest BCUT2D eigenvalue weighted by Crippen LogP contribution is -2.52. The molecule has 1 N–H and O–H groups in total. The van der Waals surface area contributed by atoms with E-state index in [0.29, 0.717) is 18.8 Å². The lowest BCUT2D eigenvalue weighted by molar-refractivity contribution is -0.153. The molecule has 136 valence electrons. The second kappa shape index (κ2) is 6.25. The molecule has 0 radical (unpaired) electrons. The summed E-state index contributed by atoms with van der Waals surface area (Å²) in [5.41, 5.74) is 0.170. The zero-order valence-electron chi connectivity index (χ0n) is 14.6. The lowest BCUT2D eigenvalue weighted by atomic mass is 9.73. The highest BCUT2D eigenvalue weighted by atomic mass is 16.5. The fourth-order valence-electron chi connectivity index (χ4n) is 4.20. The van der Waals surface area contributed by atoms with Gasteiger partial charge in [-0.3, -0.25) is 9.59 Å². The van der Waals surface area contributed by atoms with Crippen LogP contribution in [0.15, 0.2) is 40.9 Å². The van der Waals surface area contributed by atoms with Crippen LogP contribution >= 0.6 is 0 Å². The average Bonchev–Trinajstić information content (AvgIpc) is 3.27. The van der Waals surface area contributed by atoms with Gasteiger partial charge in [-0.2, -0.15) is 0 Å². The Morgan fingerprint density at radius 2 is 2.04 bits per heavy atom. The van der Waals surface area contributed by atoms with Crippen molar-refractivity contribution in [2.45, 2.75) is 6.42 Å². The molecule has 3 heterocycles. The summed E-state index contributed by atoms with van der Waals surface area (Å²) < 4.78 is 5.32. The number of fused-ring (bicyclic) bond motifs is 1. The molecule has 1 aromatic heterocycles. The van der Waals surface area contributed by atoms with Crippen LogP contribution in [0.1, 0.15) is 16.9 Å². The molecule has 0 spiro atoms. The van der Waals surface area contributed by atoms with Crippen molar-refractivity contribution in [3.05, 3.63) is 42.1 Å². The molecule has 2 fully saturated rings. The summed E-state index contributed by atoms with van der Waals surface area (Å²) in [6, 6.07) is 11.1. The fraction of sp³-hybridized carbons (Fsp3) is 0.421. The second-order valence-electron chi connectivity index (χ2n) is 7.31. The molecule has 2 saturated heterocycles. The largest absolute Gasteiger partial charge is 0.481 e. The van der Waals surface area contributed by atoms with Crippen LogP contribution in [0.25, 0.3) is 11.3 Å². The first kappa shape index (κ1) is 16.8. The third kappa shape index (κ3) is 2.68. The minimum absolute atomic E-state index is 0.0272. The molecule has 0 aliphatic carbocycles. The Balaban J connectivity index is 1.56. The molecule has 4 rings (SSSR count). The standard InChI is InChI=1S/C19H21N3O4/c1-21-8-7-14-10-22(12-19(14,11-21)18(24)25)17(23)15-9-16(26-20-15)13-5-3-2-4-6-13/h2-6,9,14H,7-8,10-12H2,1H3,(H,24,25)/t14-,19-/m0/s1.